The van der Waals surface area contributed by atoms with Crippen LogP contribution in [0, 0.1) is 29.6 Å². The van der Waals surface area contributed by atoms with Crippen molar-refractivity contribution in [3.63, 3.8) is 0 Å². The molecule has 0 amide bonds. The summed E-state index contributed by atoms with van der Waals surface area (Å²) >= 11 is 0. The van der Waals surface area contributed by atoms with Crippen LogP contribution in [0.4, 0.5) is 0 Å². The Hall–Kier alpha value is -3.25. The van der Waals surface area contributed by atoms with Gasteiger partial charge in [0.2, 0.25) is 12.6 Å². The summed E-state index contributed by atoms with van der Waals surface area (Å²) < 4.78 is 44.5. The van der Waals surface area contributed by atoms with Gasteiger partial charge in [0.05, 0.1) is 50.4 Å². The van der Waals surface area contributed by atoms with Crippen LogP contribution in [0.15, 0.2) is 36.3 Å². The van der Waals surface area contributed by atoms with Crippen LogP contribution in [0.1, 0.15) is 19.8 Å². The van der Waals surface area contributed by atoms with Gasteiger partial charge < -0.3 is 83.9 Å². The molecule has 0 radical (unpaired) electrons. The van der Waals surface area contributed by atoms with E-state index in [9.17, 15) is 60.3 Å². The lowest BCUT2D eigenvalue weighted by molar-refractivity contribution is -0.342. The molecule has 0 spiro atoms. The molecule has 3 fully saturated rings. The fourth-order valence-electron chi connectivity index (χ4n) is 7.51. The predicted octanol–water partition coefficient (Wildman–Crippen LogP) is -3.65. The first-order valence-electron chi connectivity index (χ1n) is 16.9. The monoisotopic (exact) mass is 762 g/mol. The summed E-state index contributed by atoms with van der Waals surface area (Å²) in [5, 5.41) is 90.8. The largest absolute Gasteiger partial charge is 0.478 e. The number of aliphatic hydroxyl groups excluding tert-OH is 8. The SMILES string of the molecule is C=CC1C(OC2OC(CO)C(O)C(O)C2O)OC=C(C(=O)OC)C1CC(=O)OC1CC2C(C(=O)O)=COC(OC3OC(CO)C(O)C(O)C3O)C2C1C. The topological polar surface area (TPSA) is 307 Å². The summed E-state index contributed by atoms with van der Waals surface area (Å²) in [6.07, 6.45) is -17.0. The van der Waals surface area contributed by atoms with Crippen LogP contribution < -0.4 is 0 Å². The minimum absolute atomic E-state index is 0.00514. The molecule has 0 aromatic carbocycles. The summed E-state index contributed by atoms with van der Waals surface area (Å²) in [5.41, 5.74) is -0.247. The first-order valence-corrected chi connectivity index (χ1v) is 16.9. The summed E-state index contributed by atoms with van der Waals surface area (Å²) in [6.45, 7) is 3.99. The second-order valence-corrected chi connectivity index (χ2v) is 13.5. The van der Waals surface area contributed by atoms with Crippen molar-refractivity contribution in [1.82, 2.24) is 0 Å². The van der Waals surface area contributed by atoms with E-state index in [0.717, 1.165) is 19.6 Å². The number of carboxylic acids is 1. The number of carboxylic acid groups (broad SMARTS) is 1. The van der Waals surface area contributed by atoms with E-state index in [4.69, 9.17) is 37.9 Å². The van der Waals surface area contributed by atoms with E-state index in [-0.39, 0.29) is 17.6 Å². The van der Waals surface area contributed by atoms with Gasteiger partial charge in [-0.25, -0.2) is 9.59 Å². The van der Waals surface area contributed by atoms with Gasteiger partial charge in [-0.05, 0) is 6.42 Å². The highest BCUT2D eigenvalue weighted by Gasteiger charge is 2.55. The van der Waals surface area contributed by atoms with Crippen LogP contribution in [0.5, 0.6) is 0 Å². The highest BCUT2D eigenvalue weighted by Crippen LogP contribution is 2.49. The number of hydrogen-bond acceptors (Lipinski definition) is 19. The Balaban J connectivity index is 1.32. The van der Waals surface area contributed by atoms with Crippen molar-refractivity contribution in [2.75, 3.05) is 20.3 Å². The van der Waals surface area contributed by atoms with Crippen molar-refractivity contribution in [1.29, 1.82) is 0 Å². The molecule has 1 saturated carbocycles. The first kappa shape index (κ1) is 40.9. The second kappa shape index (κ2) is 17.0. The smallest absolute Gasteiger partial charge is 0.337 e. The minimum Gasteiger partial charge on any atom is -0.478 e. The maximum atomic E-state index is 13.6. The van der Waals surface area contributed by atoms with Gasteiger partial charge in [0.15, 0.2) is 12.6 Å². The third-order valence-corrected chi connectivity index (χ3v) is 10.5. The third-order valence-electron chi connectivity index (χ3n) is 10.5. The average Bonchev–Trinajstić information content (AvgIpc) is 3.46. The lowest BCUT2D eigenvalue weighted by Crippen LogP contribution is -2.60. The van der Waals surface area contributed by atoms with Gasteiger partial charge in [-0.15, -0.1) is 6.58 Å². The van der Waals surface area contributed by atoms with E-state index < -0.39 is 147 Å². The van der Waals surface area contributed by atoms with Gasteiger partial charge in [0.25, 0.3) is 0 Å². The molecular weight excluding hydrogens is 716 g/mol. The number of esters is 2. The first-order chi connectivity index (χ1) is 25.2. The van der Waals surface area contributed by atoms with Gasteiger partial charge in [-0.1, -0.05) is 13.0 Å². The molecule has 53 heavy (non-hydrogen) atoms. The fraction of sp³-hybridized carbons (Fsp3) is 0.727. The number of hydrogen-bond donors (Lipinski definition) is 9. The molecule has 2 saturated heterocycles. The Bertz CT molecular complexity index is 1400. The molecule has 9 N–H and O–H groups in total. The molecule has 0 bridgehead atoms. The highest BCUT2D eigenvalue weighted by atomic mass is 16.8. The van der Waals surface area contributed by atoms with Gasteiger partial charge in [0, 0.05) is 29.6 Å². The molecule has 18 unspecified atom stereocenters. The molecule has 298 valence electrons. The molecule has 0 aromatic heterocycles. The maximum absolute atomic E-state index is 13.6. The van der Waals surface area contributed by atoms with Crippen molar-refractivity contribution >= 4 is 17.9 Å². The molecule has 4 aliphatic heterocycles. The zero-order valence-corrected chi connectivity index (χ0v) is 28.7. The second-order valence-electron chi connectivity index (χ2n) is 13.5. The number of carbonyl (C=O) groups is 3. The van der Waals surface area contributed by atoms with E-state index in [0.29, 0.717) is 0 Å². The number of ether oxygens (including phenoxy) is 8. The predicted molar refractivity (Wildman–Crippen MR) is 168 cm³/mol. The van der Waals surface area contributed by atoms with Crippen LogP contribution in [-0.2, 0) is 52.3 Å². The van der Waals surface area contributed by atoms with Crippen molar-refractivity contribution in [3.8, 4) is 0 Å². The standard InChI is InChI=1S/C33H46O20/c1-4-12-13(16(29(45)46-3)10-47-30(12)52-32-26(41)24(39)22(37)18(7-34)50-32)6-20(36)49-17-5-14-15(28(43)44)9-48-31(21(14)11(17)2)53-33-27(42)25(40)23(38)19(8-35)51-33/h4,9-14,17-19,21-27,30-35,37-42H,1,5-8H2,2-3H3,(H,43,44). The minimum atomic E-state index is -1.79. The molecular formula is C33H46O20. The highest BCUT2D eigenvalue weighted by molar-refractivity contribution is 5.90. The molecule has 1 aliphatic carbocycles. The number of aliphatic carboxylic acids is 1. The average molecular weight is 763 g/mol. The Morgan fingerprint density at radius 1 is 0.811 bits per heavy atom. The zero-order valence-electron chi connectivity index (χ0n) is 28.7. The van der Waals surface area contributed by atoms with Crippen molar-refractivity contribution in [3.05, 3.63) is 36.3 Å². The molecule has 5 aliphatic rings. The zero-order chi connectivity index (χ0) is 38.9. The fourth-order valence-corrected chi connectivity index (χ4v) is 7.51. The number of aliphatic hydroxyl groups is 8. The Morgan fingerprint density at radius 3 is 1.85 bits per heavy atom. The Labute approximate surface area is 302 Å². The maximum Gasteiger partial charge on any atom is 0.337 e. The summed E-state index contributed by atoms with van der Waals surface area (Å²) in [6, 6.07) is 0. The molecule has 5 rings (SSSR count). The normalized spacial score (nSPS) is 44.0. The molecule has 0 aromatic rings. The Morgan fingerprint density at radius 2 is 1.34 bits per heavy atom. The van der Waals surface area contributed by atoms with E-state index in [1.54, 1.807) is 6.92 Å². The molecule has 18 atom stereocenters. The van der Waals surface area contributed by atoms with Crippen LogP contribution in [-0.4, -0.2) is 164 Å². The van der Waals surface area contributed by atoms with Gasteiger partial charge in [0.1, 0.15) is 54.9 Å². The van der Waals surface area contributed by atoms with Crippen LogP contribution >= 0.6 is 0 Å². The third kappa shape index (κ3) is 8.09. The number of fused-ring (bicyclic) bond motifs is 1. The van der Waals surface area contributed by atoms with E-state index in [1.165, 1.54) is 6.08 Å². The van der Waals surface area contributed by atoms with Crippen LogP contribution in [0.2, 0.25) is 0 Å². The van der Waals surface area contributed by atoms with Crippen molar-refractivity contribution in [2.45, 2.75) is 99.9 Å². The summed E-state index contributed by atoms with van der Waals surface area (Å²) in [4.78, 5) is 38.6. The number of carbonyl (C=O) groups excluding carboxylic acids is 2. The van der Waals surface area contributed by atoms with E-state index in [2.05, 4.69) is 6.58 Å². The van der Waals surface area contributed by atoms with Crippen LogP contribution in [0.3, 0.4) is 0 Å². The summed E-state index contributed by atoms with van der Waals surface area (Å²) in [7, 11) is 1.11. The number of rotatable bonds is 12. The number of methoxy groups -OCH3 is 1. The molecule has 20 nitrogen and oxygen atoms in total. The molecule has 4 heterocycles. The quantitative estimate of drug-likeness (QED) is 0.0684. The lowest BCUT2D eigenvalue weighted by atomic mass is 9.81. The van der Waals surface area contributed by atoms with Crippen molar-refractivity contribution in [2.24, 2.45) is 29.6 Å². The van der Waals surface area contributed by atoms with Crippen molar-refractivity contribution < 1.29 is 98.2 Å². The molecule has 20 heteroatoms. The van der Waals surface area contributed by atoms with E-state index in [1.807, 2.05) is 0 Å². The van der Waals surface area contributed by atoms with Gasteiger partial charge in [-0.3, -0.25) is 4.79 Å². The van der Waals surface area contributed by atoms with Crippen LogP contribution in [0.25, 0.3) is 0 Å². The van der Waals surface area contributed by atoms with E-state index >= 15 is 0 Å². The van der Waals surface area contributed by atoms with Gasteiger partial charge >= 0.3 is 17.9 Å². The Kier molecular flexibility index (Phi) is 13.2. The van der Waals surface area contributed by atoms with Gasteiger partial charge in [-0.2, -0.15) is 0 Å². The summed E-state index contributed by atoms with van der Waals surface area (Å²) in [5.74, 6) is -7.32. The lowest BCUT2D eigenvalue weighted by Gasteiger charge is -2.43.